The summed E-state index contributed by atoms with van der Waals surface area (Å²) < 4.78 is 21.0. The van der Waals surface area contributed by atoms with Gasteiger partial charge in [-0.1, -0.05) is 6.92 Å². The fraction of sp³-hybridized carbons (Fsp3) is 1.00. The molecule has 1 rings (SSSR count). The van der Waals surface area contributed by atoms with Gasteiger partial charge in [-0.15, -0.1) is 0 Å². The van der Waals surface area contributed by atoms with E-state index in [2.05, 4.69) is 0 Å². The van der Waals surface area contributed by atoms with Crippen LogP contribution in [-0.4, -0.2) is 13.7 Å². The van der Waals surface area contributed by atoms with Gasteiger partial charge in [0, 0.05) is 10.7 Å². The van der Waals surface area contributed by atoms with Crippen molar-refractivity contribution >= 4 is 19.7 Å². The Morgan fingerprint density at radius 1 is 1.44 bits per heavy atom. The van der Waals surface area contributed by atoms with Crippen molar-refractivity contribution in [2.75, 3.05) is 0 Å². The van der Waals surface area contributed by atoms with E-state index in [0.717, 1.165) is 12.8 Å². The van der Waals surface area contributed by atoms with Crippen molar-refractivity contribution in [2.24, 2.45) is 5.92 Å². The van der Waals surface area contributed by atoms with E-state index in [1.165, 1.54) is 0 Å². The van der Waals surface area contributed by atoms with Gasteiger partial charge < -0.3 is 0 Å². The summed E-state index contributed by atoms with van der Waals surface area (Å²) in [5.74, 6) is 0.545. The molecule has 0 saturated heterocycles. The highest BCUT2D eigenvalue weighted by molar-refractivity contribution is 8.14. The Kier molecular flexibility index (Phi) is 1.74. The topological polar surface area (TPSA) is 34.1 Å². The molecule has 54 valence electrons. The highest BCUT2D eigenvalue weighted by Crippen LogP contribution is 2.33. The normalized spacial score (nSPS) is 35.8. The van der Waals surface area contributed by atoms with E-state index in [1.807, 2.05) is 6.92 Å². The molecule has 4 heteroatoms. The predicted octanol–water partition coefficient (Wildman–Crippen LogP) is 1.35. The largest absolute Gasteiger partial charge is 0.235 e. The van der Waals surface area contributed by atoms with E-state index in [4.69, 9.17) is 10.7 Å². The SMILES string of the molecule is C[C@H]1C[C@H](S(=O)(=O)Cl)C1. The van der Waals surface area contributed by atoms with E-state index in [-0.39, 0.29) is 5.25 Å². The lowest BCUT2D eigenvalue weighted by molar-refractivity contribution is 0.347. The van der Waals surface area contributed by atoms with Gasteiger partial charge in [-0.2, -0.15) is 0 Å². The molecule has 0 amide bonds. The molecule has 0 N–H and O–H groups in total. The summed E-state index contributed by atoms with van der Waals surface area (Å²) in [6.45, 7) is 2.03. The first kappa shape index (κ1) is 7.35. The van der Waals surface area contributed by atoms with Crippen molar-refractivity contribution in [1.29, 1.82) is 0 Å². The van der Waals surface area contributed by atoms with Gasteiger partial charge in [0.15, 0.2) is 0 Å². The Hall–Kier alpha value is 0.240. The van der Waals surface area contributed by atoms with Crippen molar-refractivity contribution in [2.45, 2.75) is 25.0 Å². The van der Waals surface area contributed by atoms with Crippen LogP contribution in [0.1, 0.15) is 19.8 Å². The Labute approximate surface area is 59.6 Å². The molecular formula is C5H9ClO2S. The maximum atomic E-state index is 10.5. The Bertz CT molecular complexity index is 191. The van der Waals surface area contributed by atoms with Crippen molar-refractivity contribution in [3.63, 3.8) is 0 Å². The summed E-state index contributed by atoms with van der Waals surface area (Å²) in [6, 6.07) is 0. The molecule has 0 bridgehead atoms. The average molecular weight is 169 g/mol. The maximum absolute atomic E-state index is 10.5. The number of halogens is 1. The van der Waals surface area contributed by atoms with Crippen LogP contribution < -0.4 is 0 Å². The summed E-state index contributed by atoms with van der Waals surface area (Å²) in [7, 11) is 1.85. The van der Waals surface area contributed by atoms with E-state index in [1.54, 1.807) is 0 Å². The lowest BCUT2D eigenvalue weighted by Gasteiger charge is -2.29. The summed E-state index contributed by atoms with van der Waals surface area (Å²) in [5, 5.41) is -0.255. The molecule has 0 radical (unpaired) electrons. The average Bonchev–Trinajstić information content (AvgIpc) is 1.55. The molecule has 0 aliphatic heterocycles. The van der Waals surface area contributed by atoms with Gasteiger partial charge in [-0.3, -0.25) is 0 Å². The lowest BCUT2D eigenvalue weighted by atomic mass is 9.87. The summed E-state index contributed by atoms with van der Waals surface area (Å²) in [4.78, 5) is 0. The van der Waals surface area contributed by atoms with Crippen molar-refractivity contribution in [3.05, 3.63) is 0 Å². The van der Waals surface area contributed by atoms with Gasteiger partial charge in [0.05, 0.1) is 5.25 Å². The van der Waals surface area contributed by atoms with Crippen LogP contribution in [0.15, 0.2) is 0 Å². The zero-order chi connectivity index (χ0) is 7.07. The molecule has 0 unspecified atom stereocenters. The predicted molar refractivity (Wildman–Crippen MR) is 37.0 cm³/mol. The van der Waals surface area contributed by atoms with Gasteiger partial charge in [-0.05, 0) is 18.8 Å². The van der Waals surface area contributed by atoms with Crippen molar-refractivity contribution in [1.82, 2.24) is 0 Å². The number of hydrogen-bond acceptors (Lipinski definition) is 2. The zero-order valence-corrected chi connectivity index (χ0v) is 6.74. The molecule has 0 atom stereocenters. The molecule has 0 spiro atoms. The molecule has 1 aliphatic carbocycles. The minimum absolute atomic E-state index is 0.255. The highest BCUT2D eigenvalue weighted by Gasteiger charge is 2.34. The molecule has 0 heterocycles. The minimum atomic E-state index is -3.23. The second-order valence-corrected chi connectivity index (χ2v) is 5.58. The molecule has 9 heavy (non-hydrogen) atoms. The van der Waals surface area contributed by atoms with Crippen LogP contribution in [0.25, 0.3) is 0 Å². The fourth-order valence-corrected chi connectivity index (χ4v) is 2.61. The molecule has 2 nitrogen and oxygen atoms in total. The van der Waals surface area contributed by atoms with Gasteiger partial charge >= 0.3 is 0 Å². The molecule has 1 aliphatic rings. The fourth-order valence-electron chi connectivity index (χ4n) is 1.06. The molecule has 0 aromatic rings. The first-order chi connectivity index (χ1) is 4.00. The first-order valence-electron chi connectivity index (χ1n) is 2.93. The Morgan fingerprint density at radius 3 is 2.00 bits per heavy atom. The highest BCUT2D eigenvalue weighted by atomic mass is 35.7. The number of hydrogen-bond donors (Lipinski definition) is 0. The van der Waals surface area contributed by atoms with Gasteiger partial charge in [0.1, 0.15) is 0 Å². The summed E-state index contributed by atoms with van der Waals surface area (Å²) >= 11 is 0. The van der Waals surface area contributed by atoms with Crippen LogP contribution in [0.5, 0.6) is 0 Å². The standard InChI is InChI=1S/C5H9ClO2S/c1-4-2-5(3-4)9(6,7)8/h4-5H,2-3H2,1H3/t4-,5-. The second-order valence-electron chi connectivity index (χ2n) is 2.67. The third kappa shape index (κ3) is 1.58. The van der Waals surface area contributed by atoms with Crippen LogP contribution in [-0.2, 0) is 9.05 Å². The van der Waals surface area contributed by atoms with Gasteiger partial charge in [0.25, 0.3) is 0 Å². The van der Waals surface area contributed by atoms with E-state index in [9.17, 15) is 8.42 Å². The van der Waals surface area contributed by atoms with E-state index < -0.39 is 9.05 Å². The smallest absolute Gasteiger partial charge is 0.212 e. The Morgan fingerprint density at radius 2 is 1.89 bits per heavy atom. The second kappa shape index (κ2) is 2.13. The van der Waals surface area contributed by atoms with Gasteiger partial charge in [-0.25, -0.2) is 8.42 Å². The van der Waals surface area contributed by atoms with Crippen LogP contribution in [0.3, 0.4) is 0 Å². The molecule has 0 aromatic heterocycles. The van der Waals surface area contributed by atoms with E-state index >= 15 is 0 Å². The van der Waals surface area contributed by atoms with Crippen LogP contribution in [0, 0.1) is 5.92 Å². The maximum Gasteiger partial charge on any atom is 0.235 e. The molecular weight excluding hydrogens is 160 g/mol. The number of rotatable bonds is 1. The van der Waals surface area contributed by atoms with E-state index in [0.29, 0.717) is 5.92 Å². The Balaban J connectivity index is 2.51. The molecule has 1 fully saturated rings. The minimum Gasteiger partial charge on any atom is -0.212 e. The third-order valence-corrected chi connectivity index (χ3v) is 3.67. The monoisotopic (exact) mass is 168 g/mol. The summed E-state index contributed by atoms with van der Waals surface area (Å²) in [5.41, 5.74) is 0. The molecule has 1 saturated carbocycles. The van der Waals surface area contributed by atoms with Crippen LogP contribution in [0.2, 0.25) is 0 Å². The molecule has 0 aromatic carbocycles. The van der Waals surface area contributed by atoms with Crippen molar-refractivity contribution < 1.29 is 8.42 Å². The zero-order valence-electron chi connectivity index (χ0n) is 5.17. The lowest BCUT2D eigenvalue weighted by Crippen LogP contribution is -2.31. The van der Waals surface area contributed by atoms with Crippen molar-refractivity contribution in [3.8, 4) is 0 Å². The third-order valence-electron chi connectivity index (χ3n) is 1.73. The first-order valence-corrected chi connectivity index (χ1v) is 5.31. The van der Waals surface area contributed by atoms with Gasteiger partial charge in [0.2, 0.25) is 9.05 Å². The van der Waals surface area contributed by atoms with Crippen LogP contribution >= 0.6 is 10.7 Å². The van der Waals surface area contributed by atoms with Crippen LogP contribution in [0.4, 0.5) is 0 Å². The summed E-state index contributed by atoms with van der Waals surface area (Å²) in [6.07, 6.45) is 1.48. The quantitative estimate of drug-likeness (QED) is 0.554.